The molecule has 0 aliphatic carbocycles. The van der Waals surface area contributed by atoms with Crippen LogP contribution in [0.5, 0.6) is 0 Å². The molecule has 1 amide bonds. The summed E-state index contributed by atoms with van der Waals surface area (Å²) in [6.45, 7) is 2.74. The summed E-state index contributed by atoms with van der Waals surface area (Å²) < 4.78 is 0. The zero-order valence-corrected chi connectivity index (χ0v) is 11.5. The second-order valence-electron chi connectivity index (χ2n) is 5.26. The van der Waals surface area contributed by atoms with Crippen LogP contribution in [0.15, 0.2) is 48.5 Å². The fraction of sp³-hybridized carbons (Fsp3) is 0.235. The van der Waals surface area contributed by atoms with Crippen molar-refractivity contribution in [2.45, 2.75) is 19.4 Å². The maximum atomic E-state index is 12.6. The molecule has 2 aromatic rings. The molecule has 0 fully saturated rings. The Kier molecular flexibility index (Phi) is 3.28. The minimum atomic E-state index is -0.596. The zero-order valence-electron chi connectivity index (χ0n) is 11.5. The first-order chi connectivity index (χ1) is 9.66. The van der Waals surface area contributed by atoms with Gasteiger partial charge in [0.25, 0.3) is 0 Å². The van der Waals surface area contributed by atoms with E-state index in [2.05, 4.69) is 6.07 Å². The Bertz CT molecular complexity index is 634. The van der Waals surface area contributed by atoms with E-state index in [1.165, 1.54) is 11.1 Å². The lowest BCUT2D eigenvalue weighted by Gasteiger charge is -2.21. The molecule has 0 bridgehead atoms. The summed E-state index contributed by atoms with van der Waals surface area (Å²) in [5, 5.41) is 0. The van der Waals surface area contributed by atoms with Crippen LogP contribution in [0.4, 0.5) is 5.69 Å². The van der Waals surface area contributed by atoms with Gasteiger partial charge in [-0.3, -0.25) is 4.79 Å². The molecule has 1 atom stereocenters. The Morgan fingerprint density at radius 2 is 1.85 bits per heavy atom. The van der Waals surface area contributed by atoms with Gasteiger partial charge in [0, 0.05) is 12.2 Å². The molecule has 0 saturated carbocycles. The summed E-state index contributed by atoms with van der Waals surface area (Å²) in [7, 11) is 0. The summed E-state index contributed by atoms with van der Waals surface area (Å²) in [6.07, 6.45) is 0.905. The molecule has 3 heteroatoms. The second kappa shape index (κ2) is 5.10. The van der Waals surface area contributed by atoms with Crippen molar-refractivity contribution in [3.05, 3.63) is 65.2 Å². The van der Waals surface area contributed by atoms with Gasteiger partial charge in [0.15, 0.2) is 0 Å². The molecule has 0 saturated heterocycles. The number of anilines is 1. The first-order valence-corrected chi connectivity index (χ1v) is 6.88. The third-order valence-electron chi connectivity index (χ3n) is 3.86. The third kappa shape index (κ3) is 2.21. The highest BCUT2D eigenvalue weighted by Gasteiger charge is 2.28. The quantitative estimate of drug-likeness (QED) is 0.908. The van der Waals surface area contributed by atoms with Gasteiger partial charge >= 0.3 is 0 Å². The molecular weight excluding hydrogens is 248 g/mol. The van der Waals surface area contributed by atoms with E-state index in [-0.39, 0.29) is 5.91 Å². The number of hydrogen-bond donors (Lipinski definition) is 1. The number of para-hydroxylation sites is 1. The highest BCUT2D eigenvalue weighted by molar-refractivity contribution is 5.99. The van der Waals surface area contributed by atoms with Crippen LogP contribution < -0.4 is 10.6 Å². The molecule has 2 N–H and O–H groups in total. The van der Waals surface area contributed by atoms with Gasteiger partial charge in [0.05, 0.1) is 0 Å². The fourth-order valence-electron chi connectivity index (χ4n) is 2.65. The van der Waals surface area contributed by atoms with E-state index >= 15 is 0 Å². The van der Waals surface area contributed by atoms with Gasteiger partial charge in [-0.15, -0.1) is 0 Å². The number of benzene rings is 2. The van der Waals surface area contributed by atoms with Crippen LogP contribution in [-0.2, 0) is 11.2 Å². The van der Waals surface area contributed by atoms with Crippen LogP contribution in [0.1, 0.15) is 22.7 Å². The number of hydrogen-bond acceptors (Lipinski definition) is 2. The van der Waals surface area contributed by atoms with Crippen molar-refractivity contribution < 1.29 is 4.79 Å². The number of nitrogens with two attached hydrogens (primary N) is 1. The lowest BCUT2D eigenvalue weighted by atomic mass is 10.0. The summed E-state index contributed by atoms with van der Waals surface area (Å²) in [5.74, 6) is -0.0289. The van der Waals surface area contributed by atoms with Crippen LogP contribution in [0.3, 0.4) is 0 Å². The molecule has 102 valence electrons. The monoisotopic (exact) mass is 266 g/mol. The molecule has 3 nitrogen and oxygen atoms in total. The van der Waals surface area contributed by atoms with Crippen molar-refractivity contribution in [3.8, 4) is 0 Å². The average Bonchev–Trinajstić information content (AvgIpc) is 2.90. The van der Waals surface area contributed by atoms with E-state index in [0.29, 0.717) is 0 Å². The Balaban J connectivity index is 1.85. The predicted octanol–water partition coefficient (Wildman–Crippen LogP) is 2.58. The Hall–Kier alpha value is -2.13. The molecule has 2 aromatic carbocycles. The van der Waals surface area contributed by atoms with Gasteiger partial charge in [-0.25, -0.2) is 0 Å². The molecule has 1 unspecified atom stereocenters. The van der Waals surface area contributed by atoms with Gasteiger partial charge in [0.1, 0.15) is 6.04 Å². The Labute approximate surface area is 119 Å². The third-order valence-corrected chi connectivity index (χ3v) is 3.86. The summed E-state index contributed by atoms with van der Waals surface area (Å²) >= 11 is 0. The molecule has 0 spiro atoms. The highest BCUT2D eigenvalue weighted by atomic mass is 16.2. The normalized spacial score (nSPS) is 15.0. The van der Waals surface area contributed by atoms with Gasteiger partial charge in [-0.1, -0.05) is 48.0 Å². The van der Waals surface area contributed by atoms with Gasteiger partial charge in [-0.05, 0) is 30.5 Å². The van der Waals surface area contributed by atoms with Gasteiger partial charge in [0.2, 0.25) is 5.91 Å². The number of amides is 1. The predicted molar refractivity (Wildman–Crippen MR) is 80.6 cm³/mol. The second-order valence-corrected chi connectivity index (χ2v) is 5.26. The SMILES string of the molecule is Cc1ccc(C(N)C(=O)N2CCc3ccccc32)cc1. The van der Waals surface area contributed by atoms with E-state index in [0.717, 1.165) is 24.2 Å². The minimum absolute atomic E-state index is 0.0289. The van der Waals surface area contributed by atoms with Gasteiger partial charge in [-0.2, -0.15) is 0 Å². The maximum absolute atomic E-state index is 12.6. The molecular formula is C17H18N2O. The average molecular weight is 266 g/mol. The largest absolute Gasteiger partial charge is 0.316 e. The standard InChI is InChI=1S/C17H18N2O/c1-12-6-8-14(9-7-12)16(18)17(20)19-11-10-13-4-2-3-5-15(13)19/h2-9,16H,10-11,18H2,1H3. The van der Waals surface area contributed by atoms with Crippen LogP contribution in [0.25, 0.3) is 0 Å². The number of fused-ring (bicyclic) bond motifs is 1. The van der Waals surface area contributed by atoms with Crippen LogP contribution >= 0.6 is 0 Å². The highest BCUT2D eigenvalue weighted by Crippen LogP contribution is 2.29. The molecule has 1 heterocycles. The molecule has 20 heavy (non-hydrogen) atoms. The molecule has 3 rings (SSSR count). The molecule has 1 aliphatic heterocycles. The van der Waals surface area contributed by atoms with Crippen molar-refractivity contribution in [2.24, 2.45) is 5.73 Å². The van der Waals surface area contributed by atoms with E-state index in [1.807, 2.05) is 49.4 Å². The molecule has 1 aliphatic rings. The van der Waals surface area contributed by atoms with E-state index < -0.39 is 6.04 Å². The summed E-state index contributed by atoms with van der Waals surface area (Å²) in [4.78, 5) is 14.4. The number of carbonyl (C=O) groups excluding carboxylic acids is 1. The Morgan fingerprint density at radius 3 is 2.60 bits per heavy atom. The van der Waals surface area contributed by atoms with Crippen molar-refractivity contribution in [2.75, 3.05) is 11.4 Å². The lowest BCUT2D eigenvalue weighted by Crippen LogP contribution is -2.37. The van der Waals surface area contributed by atoms with Crippen molar-refractivity contribution in [1.82, 2.24) is 0 Å². The van der Waals surface area contributed by atoms with E-state index in [4.69, 9.17) is 5.73 Å². The van der Waals surface area contributed by atoms with Crippen LogP contribution in [0, 0.1) is 6.92 Å². The van der Waals surface area contributed by atoms with Gasteiger partial charge < -0.3 is 10.6 Å². The van der Waals surface area contributed by atoms with Crippen molar-refractivity contribution in [1.29, 1.82) is 0 Å². The first-order valence-electron chi connectivity index (χ1n) is 6.88. The lowest BCUT2D eigenvalue weighted by molar-refractivity contribution is -0.119. The van der Waals surface area contributed by atoms with Crippen LogP contribution in [0.2, 0.25) is 0 Å². The van der Waals surface area contributed by atoms with Crippen molar-refractivity contribution >= 4 is 11.6 Å². The number of aryl methyl sites for hydroxylation is 1. The summed E-state index contributed by atoms with van der Waals surface area (Å²) in [6, 6.07) is 15.3. The first kappa shape index (κ1) is 12.9. The zero-order chi connectivity index (χ0) is 14.1. The van der Waals surface area contributed by atoms with E-state index in [9.17, 15) is 4.79 Å². The van der Waals surface area contributed by atoms with Crippen LogP contribution in [-0.4, -0.2) is 12.5 Å². The fourth-order valence-corrected chi connectivity index (χ4v) is 2.65. The topological polar surface area (TPSA) is 46.3 Å². The smallest absolute Gasteiger partial charge is 0.248 e. The summed E-state index contributed by atoms with van der Waals surface area (Å²) in [5.41, 5.74) is 10.4. The number of carbonyl (C=O) groups is 1. The van der Waals surface area contributed by atoms with Crippen molar-refractivity contribution in [3.63, 3.8) is 0 Å². The number of rotatable bonds is 2. The van der Waals surface area contributed by atoms with E-state index in [1.54, 1.807) is 4.90 Å². The maximum Gasteiger partial charge on any atom is 0.248 e. The number of nitrogens with zero attached hydrogens (tertiary/aromatic N) is 1. The molecule has 0 aromatic heterocycles. The molecule has 0 radical (unpaired) electrons. The Morgan fingerprint density at radius 1 is 1.15 bits per heavy atom. The minimum Gasteiger partial charge on any atom is -0.316 e.